The molecule has 0 spiro atoms. The van der Waals surface area contributed by atoms with Gasteiger partial charge in [-0.3, -0.25) is 0 Å². The van der Waals surface area contributed by atoms with Crippen LogP contribution in [0.3, 0.4) is 0 Å². The van der Waals surface area contributed by atoms with Crippen molar-refractivity contribution in [1.29, 1.82) is 0 Å². The highest BCUT2D eigenvalue weighted by atomic mass is 16.7. The van der Waals surface area contributed by atoms with Crippen LogP contribution in [0.25, 0.3) is 0 Å². The third kappa shape index (κ3) is 7.72. The van der Waals surface area contributed by atoms with E-state index in [1.54, 1.807) is 0 Å². The number of hydrogen-bond donors (Lipinski definition) is 0. The molecule has 0 radical (unpaired) electrons. The summed E-state index contributed by atoms with van der Waals surface area (Å²) in [5.41, 5.74) is 0. The second kappa shape index (κ2) is 13.0. The van der Waals surface area contributed by atoms with E-state index in [-0.39, 0.29) is 18.3 Å². The van der Waals surface area contributed by atoms with Crippen LogP contribution in [0.15, 0.2) is 0 Å². The molecule has 9 atom stereocenters. The first-order valence-electron chi connectivity index (χ1n) is 15.0. The second-order valence-corrected chi connectivity index (χ2v) is 13.8. The van der Waals surface area contributed by atoms with Crippen LogP contribution in [-0.4, -0.2) is 25.6 Å². The van der Waals surface area contributed by atoms with E-state index in [2.05, 4.69) is 62.3 Å². The van der Waals surface area contributed by atoms with Gasteiger partial charge in [0.05, 0.1) is 0 Å². The molecular weight excluding hydrogens is 419 g/mol. The first kappa shape index (κ1) is 28.5. The minimum absolute atomic E-state index is 0.239. The van der Waals surface area contributed by atoms with Crippen molar-refractivity contribution in [2.75, 3.05) is 0 Å². The van der Waals surface area contributed by atoms with Gasteiger partial charge in [0.25, 0.3) is 0 Å². The number of hydrogen-bond acceptors (Lipinski definition) is 3. The molecule has 0 amide bonds. The van der Waals surface area contributed by atoms with E-state index < -0.39 is 7.32 Å². The Bertz CT molecular complexity index is 560. The molecule has 0 heterocycles. The van der Waals surface area contributed by atoms with Crippen molar-refractivity contribution in [3.63, 3.8) is 0 Å². The van der Waals surface area contributed by atoms with Crippen molar-refractivity contribution in [2.45, 2.75) is 138 Å². The third-order valence-electron chi connectivity index (χ3n) is 9.89. The highest BCUT2D eigenvalue weighted by molar-refractivity contribution is 6.36. The van der Waals surface area contributed by atoms with E-state index in [4.69, 9.17) is 14.0 Å². The highest BCUT2D eigenvalue weighted by Crippen LogP contribution is 2.40. The van der Waals surface area contributed by atoms with Crippen molar-refractivity contribution in [3.8, 4) is 0 Å². The first-order chi connectivity index (χ1) is 16.0. The van der Waals surface area contributed by atoms with Crippen molar-refractivity contribution < 1.29 is 14.0 Å². The van der Waals surface area contributed by atoms with Crippen LogP contribution in [0, 0.1) is 53.3 Å². The maximum atomic E-state index is 6.90. The van der Waals surface area contributed by atoms with Gasteiger partial charge in [0.15, 0.2) is 0 Å². The lowest BCUT2D eigenvalue weighted by Gasteiger charge is -2.43. The van der Waals surface area contributed by atoms with E-state index >= 15 is 0 Å². The van der Waals surface area contributed by atoms with Gasteiger partial charge in [-0.25, -0.2) is 0 Å². The highest BCUT2D eigenvalue weighted by Gasteiger charge is 2.43. The summed E-state index contributed by atoms with van der Waals surface area (Å²) in [7, 11) is -0.522. The molecule has 3 aliphatic carbocycles. The van der Waals surface area contributed by atoms with Gasteiger partial charge in [-0.2, -0.15) is 0 Å². The molecule has 34 heavy (non-hydrogen) atoms. The molecule has 0 aromatic carbocycles. The molecule has 3 fully saturated rings. The lowest BCUT2D eigenvalue weighted by molar-refractivity contribution is -0.0730. The monoisotopic (exact) mass is 476 g/mol. The number of rotatable bonds is 9. The molecule has 0 saturated heterocycles. The van der Waals surface area contributed by atoms with Crippen LogP contribution in [0.4, 0.5) is 0 Å². The Hall–Kier alpha value is -0.0551. The van der Waals surface area contributed by atoms with E-state index in [9.17, 15) is 0 Å². The summed E-state index contributed by atoms with van der Waals surface area (Å²) in [6, 6.07) is 0. The van der Waals surface area contributed by atoms with Crippen molar-refractivity contribution >= 4 is 7.32 Å². The zero-order valence-corrected chi connectivity index (χ0v) is 24.1. The smallest absolute Gasteiger partial charge is 0.383 e. The average Bonchev–Trinajstić information content (AvgIpc) is 2.74. The molecule has 0 N–H and O–H groups in total. The average molecular weight is 477 g/mol. The largest absolute Gasteiger partial charge is 0.640 e. The van der Waals surface area contributed by atoms with Gasteiger partial charge in [-0.1, -0.05) is 75.2 Å². The molecule has 3 nitrogen and oxygen atoms in total. The quantitative estimate of drug-likeness (QED) is 0.313. The molecule has 3 rings (SSSR count). The van der Waals surface area contributed by atoms with E-state index in [1.165, 1.54) is 38.5 Å². The Labute approximate surface area is 213 Å². The second-order valence-electron chi connectivity index (χ2n) is 13.8. The lowest BCUT2D eigenvalue weighted by Crippen LogP contribution is -2.48. The zero-order chi connectivity index (χ0) is 25.0. The Morgan fingerprint density at radius 3 is 1.44 bits per heavy atom. The molecule has 0 bridgehead atoms. The summed E-state index contributed by atoms with van der Waals surface area (Å²) >= 11 is 0. The predicted molar refractivity (Wildman–Crippen MR) is 144 cm³/mol. The van der Waals surface area contributed by atoms with E-state index in [1.807, 2.05) is 0 Å². The van der Waals surface area contributed by atoms with Crippen molar-refractivity contribution in [1.82, 2.24) is 0 Å². The van der Waals surface area contributed by atoms with Gasteiger partial charge in [-0.05, 0) is 98.2 Å². The van der Waals surface area contributed by atoms with Crippen molar-refractivity contribution in [3.05, 3.63) is 0 Å². The van der Waals surface area contributed by atoms with Gasteiger partial charge in [0, 0.05) is 18.3 Å². The Kier molecular flexibility index (Phi) is 10.9. The van der Waals surface area contributed by atoms with Crippen LogP contribution >= 0.6 is 0 Å². The van der Waals surface area contributed by atoms with Crippen LogP contribution < -0.4 is 0 Å². The van der Waals surface area contributed by atoms with Gasteiger partial charge in [-0.15, -0.1) is 0 Å². The van der Waals surface area contributed by atoms with Crippen LogP contribution in [0.5, 0.6) is 0 Å². The summed E-state index contributed by atoms with van der Waals surface area (Å²) in [5, 5.41) is 0. The molecule has 198 valence electrons. The zero-order valence-electron chi connectivity index (χ0n) is 24.1. The van der Waals surface area contributed by atoms with E-state index in [0.717, 1.165) is 37.0 Å². The van der Waals surface area contributed by atoms with Gasteiger partial charge >= 0.3 is 7.32 Å². The summed E-state index contributed by atoms with van der Waals surface area (Å²) in [6.07, 6.45) is 11.9. The van der Waals surface area contributed by atoms with E-state index in [0.29, 0.717) is 35.5 Å². The van der Waals surface area contributed by atoms with Gasteiger partial charge in [0.1, 0.15) is 0 Å². The molecular formula is C30H57BO3. The van der Waals surface area contributed by atoms with Crippen LogP contribution in [0.2, 0.25) is 0 Å². The molecule has 3 saturated carbocycles. The minimum Gasteiger partial charge on any atom is -0.383 e. The van der Waals surface area contributed by atoms with Gasteiger partial charge in [0.2, 0.25) is 0 Å². The maximum Gasteiger partial charge on any atom is 0.640 e. The van der Waals surface area contributed by atoms with Crippen molar-refractivity contribution in [2.24, 2.45) is 53.3 Å². The fourth-order valence-electron chi connectivity index (χ4n) is 7.17. The Balaban J connectivity index is 1.78. The summed E-state index contributed by atoms with van der Waals surface area (Å²) < 4.78 is 20.7. The fourth-order valence-corrected chi connectivity index (χ4v) is 7.17. The summed E-state index contributed by atoms with van der Waals surface area (Å²) in [4.78, 5) is 0. The Morgan fingerprint density at radius 1 is 0.529 bits per heavy atom. The SMILES string of the molecule is CC(C)[C@@H]1CC[C@@H](C)[C@@H](OB(O[C@@H]2C[C@H](C)CC[C@H]2C(C)C)O[C@@H]2C[C@H](C)CC[C@H]2C(C)C)C1. The predicted octanol–water partition coefficient (Wildman–Crippen LogP) is 8.40. The molecule has 4 heteroatoms. The summed E-state index contributed by atoms with van der Waals surface area (Å²) in [5.74, 6) is 5.95. The first-order valence-corrected chi connectivity index (χ1v) is 15.0. The maximum absolute atomic E-state index is 6.90. The lowest BCUT2D eigenvalue weighted by atomic mass is 9.74. The minimum atomic E-state index is -0.522. The molecule has 0 aliphatic heterocycles. The van der Waals surface area contributed by atoms with Gasteiger partial charge < -0.3 is 14.0 Å². The molecule has 0 unspecified atom stereocenters. The summed E-state index contributed by atoms with van der Waals surface area (Å²) in [6.45, 7) is 21.3. The van der Waals surface area contributed by atoms with Crippen LogP contribution in [0.1, 0.15) is 120 Å². The Morgan fingerprint density at radius 2 is 1.00 bits per heavy atom. The molecule has 0 aromatic rings. The standard InChI is InChI=1S/C30H57BO3/c1-19(2)25-13-12-24(9)28(18-25)32-31(33-29-16-22(7)10-14-26(29)20(3)4)34-30-17-23(8)11-15-27(30)21(5)6/h19-30H,10-18H2,1-9H3/t22-,23-,24-,25-,26+,27+,28+,29-,30-/m1/s1. The third-order valence-corrected chi connectivity index (χ3v) is 9.89. The molecule has 0 aromatic heterocycles. The molecule has 3 aliphatic rings. The normalized spacial score (nSPS) is 39.7. The topological polar surface area (TPSA) is 27.7 Å². The fraction of sp³-hybridized carbons (Fsp3) is 1.00. The van der Waals surface area contributed by atoms with Crippen LogP contribution in [-0.2, 0) is 14.0 Å².